The smallest absolute Gasteiger partial charge is 0.472 e. The number of aliphatic carboxylic acids is 1. The lowest BCUT2D eigenvalue weighted by Crippen LogP contribution is -2.34. The van der Waals surface area contributed by atoms with Gasteiger partial charge in [0.25, 0.3) is 0 Å². The summed E-state index contributed by atoms with van der Waals surface area (Å²) in [5, 5.41) is 8.86. The Kier molecular flexibility index (Phi) is 32.9. The Labute approximate surface area is 297 Å². The highest BCUT2D eigenvalue weighted by Crippen LogP contribution is 2.43. The molecule has 0 aliphatic heterocycles. The van der Waals surface area contributed by atoms with Crippen LogP contribution in [-0.2, 0) is 32.7 Å². The molecule has 11 heteroatoms. The topological polar surface area (TPSA) is 155 Å². The molecular formula is C38H68NO9P. The molecule has 0 fully saturated rings. The van der Waals surface area contributed by atoms with E-state index in [0.29, 0.717) is 13.0 Å². The molecule has 0 aromatic rings. The molecule has 0 aromatic heterocycles. The lowest BCUT2D eigenvalue weighted by Gasteiger charge is -2.20. The van der Waals surface area contributed by atoms with Crippen molar-refractivity contribution in [2.75, 3.05) is 26.4 Å². The molecule has 4 N–H and O–H groups in total. The van der Waals surface area contributed by atoms with E-state index >= 15 is 0 Å². The van der Waals surface area contributed by atoms with Gasteiger partial charge in [0.1, 0.15) is 12.1 Å². The first-order valence-electron chi connectivity index (χ1n) is 18.7. The number of phosphoric ester groups is 1. The third-order valence-electron chi connectivity index (χ3n) is 7.54. The average Bonchev–Trinajstić information content (AvgIpc) is 3.07. The van der Waals surface area contributed by atoms with Crippen LogP contribution in [0, 0.1) is 0 Å². The largest absolute Gasteiger partial charge is 0.480 e. The van der Waals surface area contributed by atoms with Crippen molar-refractivity contribution >= 4 is 19.8 Å². The number of hydrogen-bond donors (Lipinski definition) is 3. The predicted octanol–water partition coefficient (Wildman–Crippen LogP) is 9.53. The molecular weight excluding hydrogens is 645 g/mol. The number of carbonyl (C=O) groups excluding carboxylic acids is 1. The quantitative estimate of drug-likeness (QED) is 0.0250. The minimum atomic E-state index is -4.62. The molecule has 284 valence electrons. The molecule has 0 heterocycles. The highest BCUT2D eigenvalue weighted by molar-refractivity contribution is 7.47. The number of allylic oxidation sites excluding steroid dienone is 8. The molecule has 0 saturated carbocycles. The maximum atomic E-state index is 12.5. The Morgan fingerprint density at radius 2 is 1.12 bits per heavy atom. The van der Waals surface area contributed by atoms with Gasteiger partial charge in [0.05, 0.1) is 19.8 Å². The summed E-state index contributed by atoms with van der Waals surface area (Å²) in [5.74, 6) is -1.80. The predicted molar refractivity (Wildman–Crippen MR) is 198 cm³/mol. The Morgan fingerprint density at radius 1 is 0.653 bits per heavy atom. The van der Waals surface area contributed by atoms with Crippen LogP contribution in [0.4, 0.5) is 0 Å². The maximum Gasteiger partial charge on any atom is 0.472 e. The first-order valence-corrected chi connectivity index (χ1v) is 20.2. The van der Waals surface area contributed by atoms with Gasteiger partial charge in [-0.1, -0.05) is 120 Å². The van der Waals surface area contributed by atoms with Crippen LogP contribution in [0.25, 0.3) is 0 Å². The Morgan fingerprint density at radius 3 is 1.65 bits per heavy atom. The van der Waals surface area contributed by atoms with Crippen LogP contribution in [0.1, 0.15) is 142 Å². The second-order valence-electron chi connectivity index (χ2n) is 12.3. The third kappa shape index (κ3) is 34.2. The molecule has 3 unspecified atom stereocenters. The monoisotopic (exact) mass is 713 g/mol. The number of unbranched alkanes of at least 4 members (excludes halogenated alkanes) is 13. The molecule has 10 nitrogen and oxygen atoms in total. The minimum Gasteiger partial charge on any atom is -0.480 e. The van der Waals surface area contributed by atoms with Crippen LogP contribution in [0.5, 0.6) is 0 Å². The van der Waals surface area contributed by atoms with Crippen LogP contribution in [0.2, 0.25) is 0 Å². The van der Waals surface area contributed by atoms with Gasteiger partial charge in [0.15, 0.2) is 0 Å². The molecule has 0 saturated heterocycles. The summed E-state index contributed by atoms with van der Waals surface area (Å²) in [6.07, 6.45) is 37.3. The van der Waals surface area contributed by atoms with E-state index in [1.54, 1.807) is 0 Å². The Hall–Kier alpha value is -2.07. The second-order valence-corrected chi connectivity index (χ2v) is 13.8. The molecule has 0 spiro atoms. The summed E-state index contributed by atoms with van der Waals surface area (Å²) < 4.78 is 33.2. The average molecular weight is 714 g/mol. The molecule has 0 radical (unpaired) electrons. The van der Waals surface area contributed by atoms with Gasteiger partial charge in [0.2, 0.25) is 0 Å². The SMILES string of the molecule is CCC/C=C\C/C=C\CCCCCCCCOCC(COP(=O)(O)OCC(N)C(=O)O)OC(=O)CCCCCCC/C=C\C/C=C\CCC. The summed E-state index contributed by atoms with van der Waals surface area (Å²) in [5.41, 5.74) is 5.33. The molecule has 3 atom stereocenters. The van der Waals surface area contributed by atoms with Gasteiger partial charge in [-0.3, -0.25) is 18.6 Å². The van der Waals surface area contributed by atoms with E-state index < -0.39 is 45.1 Å². The van der Waals surface area contributed by atoms with E-state index in [-0.39, 0.29) is 13.0 Å². The number of hydrogen-bond acceptors (Lipinski definition) is 8. The number of carbonyl (C=O) groups is 2. The first kappa shape index (κ1) is 46.9. The van der Waals surface area contributed by atoms with Gasteiger partial charge in [-0.25, -0.2) is 4.57 Å². The van der Waals surface area contributed by atoms with Crippen molar-refractivity contribution in [1.29, 1.82) is 0 Å². The highest BCUT2D eigenvalue weighted by atomic mass is 31.2. The summed E-state index contributed by atoms with van der Waals surface area (Å²) in [6.45, 7) is 3.68. The minimum absolute atomic E-state index is 0.00224. The van der Waals surface area contributed by atoms with Crippen LogP contribution in [-0.4, -0.2) is 60.5 Å². The number of nitrogens with two attached hydrogens (primary N) is 1. The number of rotatable bonds is 35. The summed E-state index contributed by atoms with van der Waals surface area (Å²) in [4.78, 5) is 33.4. The van der Waals surface area contributed by atoms with Crippen molar-refractivity contribution in [2.24, 2.45) is 5.73 Å². The van der Waals surface area contributed by atoms with E-state index in [9.17, 15) is 19.0 Å². The fraction of sp³-hybridized carbons (Fsp3) is 0.737. The highest BCUT2D eigenvalue weighted by Gasteiger charge is 2.27. The summed E-state index contributed by atoms with van der Waals surface area (Å²) in [6, 6.07) is -1.48. The van der Waals surface area contributed by atoms with Gasteiger partial charge < -0.3 is 25.2 Å². The van der Waals surface area contributed by atoms with Crippen molar-refractivity contribution in [1.82, 2.24) is 0 Å². The van der Waals surface area contributed by atoms with Crippen molar-refractivity contribution in [3.05, 3.63) is 48.6 Å². The van der Waals surface area contributed by atoms with Gasteiger partial charge in [0, 0.05) is 13.0 Å². The number of carboxylic acid groups (broad SMARTS) is 1. The van der Waals surface area contributed by atoms with Crippen molar-refractivity contribution in [2.45, 2.75) is 154 Å². The van der Waals surface area contributed by atoms with Gasteiger partial charge in [-0.15, -0.1) is 0 Å². The third-order valence-corrected chi connectivity index (χ3v) is 8.49. The Balaban J connectivity index is 4.37. The molecule has 0 rings (SSSR count). The molecule has 49 heavy (non-hydrogen) atoms. The zero-order valence-electron chi connectivity index (χ0n) is 30.5. The second kappa shape index (κ2) is 34.4. The number of phosphoric acid groups is 1. The zero-order chi connectivity index (χ0) is 36.3. The Bertz CT molecular complexity index is 967. The van der Waals surface area contributed by atoms with E-state index in [1.807, 2.05) is 0 Å². The lowest BCUT2D eigenvalue weighted by molar-refractivity contribution is -0.154. The van der Waals surface area contributed by atoms with Crippen molar-refractivity contribution < 1.29 is 42.7 Å². The van der Waals surface area contributed by atoms with E-state index in [1.165, 1.54) is 32.1 Å². The van der Waals surface area contributed by atoms with Crippen LogP contribution in [0.3, 0.4) is 0 Å². The maximum absolute atomic E-state index is 12.5. The molecule has 0 aliphatic carbocycles. The van der Waals surface area contributed by atoms with Crippen molar-refractivity contribution in [3.8, 4) is 0 Å². The normalized spacial score (nSPS) is 14.7. The molecule has 0 aliphatic rings. The zero-order valence-corrected chi connectivity index (χ0v) is 31.4. The van der Waals surface area contributed by atoms with Gasteiger partial charge in [-0.05, 0) is 64.2 Å². The molecule has 0 amide bonds. The molecule has 0 bridgehead atoms. The lowest BCUT2D eigenvalue weighted by atomic mass is 10.1. The van der Waals surface area contributed by atoms with Crippen molar-refractivity contribution in [3.63, 3.8) is 0 Å². The van der Waals surface area contributed by atoms with Crippen LogP contribution < -0.4 is 5.73 Å². The summed E-state index contributed by atoms with van der Waals surface area (Å²) >= 11 is 0. The van der Waals surface area contributed by atoms with Gasteiger partial charge in [-0.2, -0.15) is 0 Å². The number of carboxylic acids is 1. The molecule has 0 aromatic carbocycles. The van der Waals surface area contributed by atoms with E-state index in [4.69, 9.17) is 24.8 Å². The van der Waals surface area contributed by atoms with E-state index in [2.05, 4.69) is 67.0 Å². The summed E-state index contributed by atoms with van der Waals surface area (Å²) in [7, 11) is -4.62. The van der Waals surface area contributed by atoms with Crippen LogP contribution in [0.15, 0.2) is 48.6 Å². The standard InChI is InChI=1S/C38H68NO9P/c1-3-5-7-9-11-13-15-17-19-21-23-25-27-29-31-45-32-35(33-46-49(43,44)47-34-36(39)38(41)42)48-37(40)30-28-26-24-22-20-18-16-14-12-10-8-6-4-2/h7-10,13-16,35-36H,3-6,11-12,17-34,39H2,1-2H3,(H,41,42)(H,43,44)/b9-7-,10-8-,15-13-,16-14-. The van der Waals surface area contributed by atoms with E-state index in [0.717, 1.165) is 83.5 Å². The number of esters is 1. The fourth-order valence-electron chi connectivity index (χ4n) is 4.62. The number of ether oxygens (including phenoxy) is 2. The first-order chi connectivity index (χ1) is 23.7. The van der Waals surface area contributed by atoms with Gasteiger partial charge >= 0.3 is 19.8 Å². The van der Waals surface area contributed by atoms with Crippen LogP contribution >= 0.6 is 7.82 Å². The fourth-order valence-corrected chi connectivity index (χ4v) is 5.40.